The third kappa shape index (κ3) is 5.16. The maximum absolute atomic E-state index is 5.85. The first-order valence-corrected chi connectivity index (χ1v) is 8.18. The first kappa shape index (κ1) is 16.0. The van der Waals surface area contributed by atoms with Gasteiger partial charge < -0.3 is 9.72 Å². The van der Waals surface area contributed by atoms with Gasteiger partial charge in [-0.25, -0.2) is 4.98 Å². The van der Waals surface area contributed by atoms with E-state index in [1.807, 2.05) is 0 Å². The smallest absolute Gasteiger partial charge is 0.244 e. The number of rotatable bonds is 10. The average Bonchev–Trinajstić information content (AvgIpc) is 2.93. The van der Waals surface area contributed by atoms with Crippen LogP contribution in [0.2, 0.25) is 5.28 Å². The highest BCUT2D eigenvalue weighted by Gasteiger charge is 2.09. The number of imidazole rings is 1. The summed E-state index contributed by atoms with van der Waals surface area (Å²) in [4.78, 5) is 15.2. The van der Waals surface area contributed by atoms with Crippen molar-refractivity contribution in [3.8, 4) is 5.88 Å². The Kier molecular flexibility index (Phi) is 6.73. The van der Waals surface area contributed by atoms with Gasteiger partial charge in [0.15, 0.2) is 5.65 Å². The van der Waals surface area contributed by atoms with E-state index in [9.17, 15) is 0 Å². The number of H-pyrrole nitrogens is 1. The normalized spacial score (nSPS) is 11.1. The second-order valence-corrected chi connectivity index (χ2v) is 5.56. The van der Waals surface area contributed by atoms with Crippen LogP contribution in [-0.2, 0) is 0 Å². The zero-order valence-corrected chi connectivity index (χ0v) is 13.3. The largest absolute Gasteiger partial charge is 0.476 e. The lowest BCUT2D eigenvalue weighted by Crippen LogP contribution is -2.01. The molecule has 0 aliphatic rings. The quantitative estimate of drug-likeness (QED) is 0.517. The topological polar surface area (TPSA) is 63.7 Å². The molecule has 0 aromatic carbocycles. The molecule has 0 radical (unpaired) electrons. The van der Waals surface area contributed by atoms with Crippen LogP contribution in [0, 0.1) is 0 Å². The molecule has 5 nitrogen and oxygen atoms in total. The van der Waals surface area contributed by atoms with Crippen LogP contribution in [-0.4, -0.2) is 26.5 Å². The van der Waals surface area contributed by atoms with Crippen molar-refractivity contribution in [1.29, 1.82) is 0 Å². The van der Waals surface area contributed by atoms with Crippen LogP contribution >= 0.6 is 11.6 Å². The minimum absolute atomic E-state index is 0.167. The molecule has 0 unspecified atom stereocenters. The fourth-order valence-electron chi connectivity index (χ4n) is 2.29. The Bertz CT molecular complexity index is 543. The highest BCUT2D eigenvalue weighted by molar-refractivity contribution is 6.28. The van der Waals surface area contributed by atoms with Crippen molar-refractivity contribution in [2.24, 2.45) is 0 Å². The summed E-state index contributed by atoms with van der Waals surface area (Å²) in [6, 6.07) is 0. The van der Waals surface area contributed by atoms with Gasteiger partial charge in [-0.15, -0.1) is 0 Å². The highest BCUT2D eigenvalue weighted by Crippen LogP contribution is 2.21. The third-order valence-electron chi connectivity index (χ3n) is 3.46. The molecule has 0 saturated carbocycles. The highest BCUT2D eigenvalue weighted by atomic mass is 35.5. The van der Waals surface area contributed by atoms with Crippen molar-refractivity contribution in [2.45, 2.75) is 58.3 Å². The third-order valence-corrected chi connectivity index (χ3v) is 3.63. The van der Waals surface area contributed by atoms with Crippen molar-refractivity contribution in [3.63, 3.8) is 0 Å². The Balaban J connectivity index is 1.65. The molecule has 0 aliphatic heterocycles. The van der Waals surface area contributed by atoms with Gasteiger partial charge in [0.2, 0.25) is 11.2 Å². The molecule has 0 spiro atoms. The van der Waals surface area contributed by atoms with Crippen LogP contribution in [0.4, 0.5) is 0 Å². The molecular formula is C15H23ClN4O. The van der Waals surface area contributed by atoms with Crippen LogP contribution in [0.1, 0.15) is 58.3 Å². The number of halogens is 1. The number of aromatic amines is 1. The monoisotopic (exact) mass is 310 g/mol. The summed E-state index contributed by atoms with van der Waals surface area (Å²) >= 11 is 5.85. The van der Waals surface area contributed by atoms with Gasteiger partial charge in [-0.2, -0.15) is 9.97 Å². The first-order chi connectivity index (χ1) is 10.3. The molecule has 21 heavy (non-hydrogen) atoms. The molecular weight excluding hydrogens is 288 g/mol. The van der Waals surface area contributed by atoms with Crippen molar-refractivity contribution in [2.75, 3.05) is 6.61 Å². The van der Waals surface area contributed by atoms with Crippen LogP contribution < -0.4 is 4.74 Å². The average molecular weight is 311 g/mol. The van der Waals surface area contributed by atoms with Crippen molar-refractivity contribution < 1.29 is 4.74 Å². The lowest BCUT2D eigenvalue weighted by Gasteiger charge is -2.06. The van der Waals surface area contributed by atoms with Crippen molar-refractivity contribution >= 4 is 22.8 Å². The summed E-state index contributed by atoms with van der Waals surface area (Å²) in [5.41, 5.74) is 1.25. The number of nitrogens with one attached hydrogen (secondary N) is 1. The van der Waals surface area contributed by atoms with E-state index in [2.05, 4.69) is 26.9 Å². The second kappa shape index (κ2) is 8.82. The number of hydrogen-bond acceptors (Lipinski definition) is 4. The summed E-state index contributed by atoms with van der Waals surface area (Å²) in [7, 11) is 0. The summed E-state index contributed by atoms with van der Waals surface area (Å²) in [5.74, 6) is 0.491. The van der Waals surface area contributed by atoms with E-state index < -0.39 is 0 Å². The molecule has 0 saturated heterocycles. The SMILES string of the molecule is CCCCCCCCCCOc1nc(Cl)nc2nc[nH]c12. The number of ether oxygens (including phenoxy) is 1. The van der Waals surface area contributed by atoms with E-state index in [0.29, 0.717) is 23.7 Å². The van der Waals surface area contributed by atoms with Gasteiger partial charge in [-0.1, -0.05) is 51.9 Å². The Morgan fingerprint density at radius 2 is 1.76 bits per heavy atom. The van der Waals surface area contributed by atoms with E-state index in [-0.39, 0.29) is 5.28 Å². The van der Waals surface area contributed by atoms with Gasteiger partial charge in [-0.3, -0.25) is 0 Å². The summed E-state index contributed by atoms with van der Waals surface area (Å²) in [6.07, 6.45) is 11.8. The van der Waals surface area contributed by atoms with E-state index in [4.69, 9.17) is 16.3 Å². The molecule has 116 valence electrons. The zero-order chi connectivity index (χ0) is 14.9. The summed E-state index contributed by atoms with van der Waals surface area (Å²) in [5, 5.41) is 0.167. The number of hydrogen-bond donors (Lipinski definition) is 1. The molecule has 0 bridgehead atoms. The molecule has 0 fully saturated rings. The second-order valence-electron chi connectivity index (χ2n) is 5.22. The Morgan fingerprint density at radius 3 is 2.52 bits per heavy atom. The van der Waals surface area contributed by atoms with E-state index in [1.54, 1.807) is 6.33 Å². The number of fused-ring (bicyclic) bond motifs is 1. The van der Waals surface area contributed by atoms with Gasteiger partial charge in [0.1, 0.15) is 5.52 Å². The standard InChI is InChI=1S/C15H23ClN4O/c1-2-3-4-5-6-7-8-9-10-21-14-12-13(18-11-17-12)19-15(16)20-14/h11H,2-10H2,1H3,(H,17,18,19,20). The van der Waals surface area contributed by atoms with E-state index in [1.165, 1.54) is 44.9 Å². The Morgan fingerprint density at radius 1 is 1.05 bits per heavy atom. The molecule has 0 aliphatic carbocycles. The van der Waals surface area contributed by atoms with Gasteiger partial charge in [0.05, 0.1) is 12.9 Å². The molecule has 2 heterocycles. The lowest BCUT2D eigenvalue weighted by molar-refractivity contribution is 0.296. The van der Waals surface area contributed by atoms with Gasteiger partial charge in [0, 0.05) is 0 Å². The fraction of sp³-hybridized carbons (Fsp3) is 0.667. The molecule has 0 atom stereocenters. The molecule has 6 heteroatoms. The maximum Gasteiger partial charge on any atom is 0.244 e. The van der Waals surface area contributed by atoms with E-state index in [0.717, 1.165) is 6.42 Å². The lowest BCUT2D eigenvalue weighted by atomic mass is 10.1. The van der Waals surface area contributed by atoms with Crippen molar-refractivity contribution in [3.05, 3.63) is 11.6 Å². The van der Waals surface area contributed by atoms with Gasteiger partial charge in [-0.05, 0) is 18.0 Å². The minimum atomic E-state index is 0.167. The molecule has 0 amide bonds. The zero-order valence-electron chi connectivity index (χ0n) is 12.6. The maximum atomic E-state index is 5.85. The predicted molar refractivity (Wildman–Crippen MR) is 84.8 cm³/mol. The van der Waals surface area contributed by atoms with Gasteiger partial charge >= 0.3 is 0 Å². The number of aromatic nitrogens is 4. The van der Waals surface area contributed by atoms with Gasteiger partial charge in [0.25, 0.3) is 0 Å². The van der Waals surface area contributed by atoms with Crippen LogP contribution in [0.5, 0.6) is 5.88 Å². The molecule has 1 N–H and O–H groups in total. The fourth-order valence-corrected chi connectivity index (χ4v) is 2.45. The van der Waals surface area contributed by atoms with Crippen LogP contribution in [0.3, 0.4) is 0 Å². The van der Waals surface area contributed by atoms with E-state index >= 15 is 0 Å². The number of unbranched alkanes of at least 4 members (excludes halogenated alkanes) is 7. The summed E-state index contributed by atoms with van der Waals surface area (Å²) in [6.45, 7) is 2.89. The van der Waals surface area contributed by atoms with Crippen molar-refractivity contribution in [1.82, 2.24) is 19.9 Å². The molecule has 2 aromatic rings. The van der Waals surface area contributed by atoms with Crippen LogP contribution in [0.25, 0.3) is 11.2 Å². The summed E-state index contributed by atoms with van der Waals surface area (Å²) < 4.78 is 5.70. The first-order valence-electron chi connectivity index (χ1n) is 7.80. The predicted octanol–water partition coefficient (Wildman–Crippen LogP) is 4.53. The number of nitrogens with zero attached hydrogens (tertiary/aromatic N) is 3. The minimum Gasteiger partial charge on any atom is -0.476 e. The van der Waals surface area contributed by atoms with Crippen LogP contribution in [0.15, 0.2) is 6.33 Å². The Labute approximate surface area is 130 Å². The molecule has 2 aromatic heterocycles. The molecule has 2 rings (SSSR count). The Hall–Kier alpha value is -1.36.